The molecule has 3 atom stereocenters. The molecule has 3 fully saturated rings. The third kappa shape index (κ3) is 3.94. The molecule has 150 valence electrons. The van der Waals surface area contributed by atoms with Crippen molar-refractivity contribution in [1.82, 2.24) is 4.90 Å². The minimum absolute atomic E-state index is 0.582. The van der Waals surface area contributed by atoms with Crippen LogP contribution in [-0.2, 0) is 0 Å². The van der Waals surface area contributed by atoms with Gasteiger partial charge in [-0.1, -0.05) is 36.5 Å². The first-order valence-electron chi connectivity index (χ1n) is 11.3. The summed E-state index contributed by atoms with van der Waals surface area (Å²) in [6.45, 7) is 2.48. The summed E-state index contributed by atoms with van der Waals surface area (Å²) in [5.41, 5.74) is 3.49. The third-order valence-corrected chi connectivity index (χ3v) is 7.49. The summed E-state index contributed by atoms with van der Waals surface area (Å²) < 4.78 is 5.72. The fourth-order valence-electron chi connectivity index (χ4n) is 6.00. The number of ether oxygens (including phenoxy) is 1. The lowest BCUT2D eigenvalue weighted by Crippen LogP contribution is -2.43. The quantitative estimate of drug-likeness (QED) is 0.650. The van der Waals surface area contributed by atoms with Crippen molar-refractivity contribution in [2.24, 2.45) is 11.8 Å². The zero-order valence-corrected chi connectivity index (χ0v) is 17.4. The van der Waals surface area contributed by atoms with Crippen LogP contribution in [0.25, 0.3) is 0 Å². The van der Waals surface area contributed by atoms with Crippen molar-refractivity contribution in [1.29, 1.82) is 0 Å². The second-order valence-electron chi connectivity index (χ2n) is 9.13. The van der Waals surface area contributed by atoms with Crippen molar-refractivity contribution < 1.29 is 4.74 Å². The second-order valence-corrected chi connectivity index (χ2v) is 9.13. The van der Waals surface area contributed by atoms with Crippen LogP contribution in [-0.4, -0.2) is 31.1 Å². The molecule has 2 bridgehead atoms. The Morgan fingerprint density at radius 3 is 2.34 bits per heavy atom. The fourth-order valence-corrected chi connectivity index (χ4v) is 6.00. The zero-order chi connectivity index (χ0) is 19.6. The van der Waals surface area contributed by atoms with E-state index in [2.05, 4.69) is 47.1 Å². The minimum atomic E-state index is 0.582. The Labute approximate surface area is 175 Å². The standard InChI is InChI=1S/C27H31NO/c1-29-27-12-10-21(8-7-20-5-3-2-4-6-20)18-25(27)23-13-15-28(16-14-23)26-19-22-9-11-24(26)17-22/h2-6,10,12,18,22-24,26H,9,11,13-17,19H2,1H3/t22-,24+,26+/m0/s1. The number of fused-ring (bicyclic) bond motifs is 2. The molecular weight excluding hydrogens is 354 g/mol. The summed E-state index contributed by atoms with van der Waals surface area (Å²) in [6, 6.07) is 17.5. The van der Waals surface area contributed by atoms with Crippen LogP contribution in [0.15, 0.2) is 48.5 Å². The van der Waals surface area contributed by atoms with Gasteiger partial charge in [-0.2, -0.15) is 0 Å². The Morgan fingerprint density at radius 1 is 0.862 bits per heavy atom. The lowest BCUT2D eigenvalue weighted by atomic mass is 9.85. The van der Waals surface area contributed by atoms with Crippen molar-refractivity contribution in [3.8, 4) is 17.6 Å². The van der Waals surface area contributed by atoms with Gasteiger partial charge in [0.1, 0.15) is 5.75 Å². The van der Waals surface area contributed by atoms with E-state index in [0.717, 1.165) is 34.8 Å². The molecule has 0 amide bonds. The van der Waals surface area contributed by atoms with Crippen LogP contribution in [0.4, 0.5) is 0 Å². The van der Waals surface area contributed by atoms with E-state index in [-0.39, 0.29) is 0 Å². The average Bonchev–Trinajstić information content (AvgIpc) is 3.42. The average molecular weight is 386 g/mol. The Morgan fingerprint density at radius 2 is 1.66 bits per heavy atom. The molecule has 2 saturated carbocycles. The Hall–Kier alpha value is -2.24. The van der Waals surface area contributed by atoms with Crippen LogP contribution in [0.3, 0.4) is 0 Å². The maximum absolute atomic E-state index is 5.72. The van der Waals surface area contributed by atoms with Crippen molar-refractivity contribution in [3.05, 3.63) is 65.2 Å². The number of nitrogens with zero attached hydrogens (tertiary/aromatic N) is 1. The second kappa shape index (κ2) is 8.25. The Balaban J connectivity index is 1.29. The van der Waals surface area contributed by atoms with Crippen LogP contribution in [0.2, 0.25) is 0 Å². The molecule has 5 rings (SSSR count). The van der Waals surface area contributed by atoms with Crippen LogP contribution in [0.5, 0.6) is 5.75 Å². The summed E-state index contributed by atoms with van der Waals surface area (Å²) in [5, 5.41) is 0. The topological polar surface area (TPSA) is 12.5 Å². The molecule has 0 unspecified atom stereocenters. The highest BCUT2D eigenvalue weighted by Crippen LogP contribution is 2.48. The van der Waals surface area contributed by atoms with E-state index >= 15 is 0 Å². The fraction of sp³-hybridized carbons (Fsp3) is 0.481. The van der Waals surface area contributed by atoms with Crippen LogP contribution < -0.4 is 4.74 Å². The smallest absolute Gasteiger partial charge is 0.122 e. The molecule has 0 spiro atoms. The van der Waals surface area contributed by atoms with Gasteiger partial charge in [0.2, 0.25) is 0 Å². The molecule has 1 saturated heterocycles. The summed E-state index contributed by atoms with van der Waals surface area (Å²) in [7, 11) is 1.79. The minimum Gasteiger partial charge on any atom is -0.496 e. The highest BCUT2D eigenvalue weighted by molar-refractivity contribution is 5.48. The van der Waals surface area contributed by atoms with Crippen molar-refractivity contribution >= 4 is 0 Å². The number of hydrogen-bond donors (Lipinski definition) is 0. The predicted octanol–water partition coefficient (Wildman–Crippen LogP) is 5.46. The van der Waals surface area contributed by atoms with E-state index in [0.29, 0.717) is 5.92 Å². The maximum atomic E-state index is 5.72. The van der Waals surface area contributed by atoms with E-state index < -0.39 is 0 Å². The molecule has 0 aromatic heterocycles. The van der Waals surface area contributed by atoms with Crippen molar-refractivity contribution in [3.63, 3.8) is 0 Å². The van der Waals surface area contributed by atoms with Crippen LogP contribution in [0, 0.1) is 23.7 Å². The van der Waals surface area contributed by atoms with Gasteiger partial charge >= 0.3 is 0 Å². The first-order chi connectivity index (χ1) is 14.3. The number of benzene rings is 2. The molecule has 2 aromatic carbocycles. The van der Waals surface area contributed by atoms with Crippen LogP contribution >= 0.6 is 0 Å². The number of piperidine rings is 1. The largest absolute Gasteiger partial charge is 0.496 e. The highest BCUT2D eigenvalue weighted by atomic mass is 16.5. The van der Waals surface area contributed by atoms with Gasteiger partial charge in [0.05, 0.1) is 7.11 Å². The Kier molecular flexibility index (Phi) is 5.34. The predicted molar refractivity (Wildman–Crippen MR) is 118 cm³/mol. The molecule has 29 heavy (non-hydrogen) atoms. The SMILES string of the molecule is COc1ccc(C#Cc2ccccc2)cc1C1CCN([C@@H]2C[C@H]3CC[C@@H]2C3)CC1. The van der Waals surface area contributed by atoms with Gasteiger partial charge in [-0.25, -0.2) is 0 Å². The summed E-state index contributed by atoms with van der Waals surface area (Å²) in [6.07, 6.45) is 8.40. The molecule has 1 heterocycles. The summed E-state index contributed by atoms with van der Waals surface area (Å²) in [5.74, 6) is 10.3. The Bertz CT molecular complexity index is 901. The van der Waals surface area contributed by atoms with Gasteiger partial charge in [-0.3, -0.25) is 0 Å². The first kappa shape index (κ1) is 18.8. The number of rotatable bonds is 3. The van der Waals surface area contributed by atoms with Gasteiger partial charge in [0.25, 0.3) is 0 Å². The lowest BCUT2D eigenvalue weighted by molar-refractivity contribution is 0.110. The number of hydrogen-bond acceptors (Lipinski definition) is 2. The van der Waals surface area contributed by atoms with E-state index in [1.165, 1.54) is 57.2 Å². The molecule has 1 aliphatic heterocycles. The highest BCUT2D eigenvalue weighted by Gasteiger charge is 2.43. The summed E-state index contributed by atoms with van der Waals surface area (Å²) in [4.78, 5) is 2.81. The number of methoxy groups -OCH3 is 1. The monoisotopic (exact) mass is 385 g/mol. The molecule has 0 N–H and O–H groups in total. The lowest BCUT2D eigenvalue weighted by Gasteiger charge is -2.40. The molecule has 2 aromatic rings. The molecule has 2 aliphatic carbocycles. The van der Waals surface area contributed by atoms with Crippen LogP contribution in [0.1, 0.15) is 61.1 Å². The van der Waals surface area contributed by atoms with Gasteiger partial charge in [0, 0.05) is 17.2 Å². The molecule has 2 heteroatoms. The van der Waals surface area contributed by atoms with E-state index in [4.69, 9.17) is 4.74 Å². The van der Waals surface area contributed by atoms with E-state index in [1.807, 2.05) is 18.2 Å². The van der Waals surface area contributed by atoms with E-state index in [1.54, 1.807) is 7.11 Å². The van der Waals surface area contributed by atoms with Gasteiger partial charge < -0.3 is 9.64 Å². The van der Waals surface area contributed by atoms with Crippen molar-refractivity contribution in [2.45, 2.75) is 50.5 Å². The van der Waals surface area contributed by atoms with Gasteiger partial charge in [0.15, 0.2) is 0 Å². The zero-order valence-electron chi connectivity index (χ0n) is 17.4. The van der Waals surface area contributed by atoms with Crippen molar-refractivity contribution in [2.75, 3.05) is 20.2 Å². The van der Waals surface area contributed by atoms with E-state index in [9.17, 15) is 0 Å². The molecular formula is C27H31NO. The van der Waals surface area contributed by atoms with Gasteiger partial charge in [-0.05, 0) is 98.8 Å². The molecule has 2 nitrogen and oxygen atoms in total. The van der Waals surface area contributed by atoms with Gasteiger partial charge in [-0.15, -0.1) is 0 Å². The normalized spacial score (nSPS) is 26.9. The first-order valence-corrected chi connectivity index (χ1v) is 11.3. The summed E-state index contributed by atoms with van der Waals surface area (Å²) >= 11 is 0. The third-order valence-electron chi connectivity index (χ3n) is 7.49. The number of likely N-dealkylation sites (tertiary alicyclic amines) is 1. The molecule has 3 aliphatic rings. The maximum Gasteiger partial charge on any atom is 0.122 e. The molecule has 0 radical (unpaired) electrons.